The zero-order valence-electron chi connectivity index (χ0n) is 9.39. The molecule has 0 radical (unpaired) electrons. The maximum atomic E-state index is 3.51. The molecule has 4 heteroatoms. The van der Waals surface area contributed by atoms with Crippen LogP contribution in [0.3, 0.4) is 0 Å². The normalized spacial score (nSPS) is 10.5. The minimum Gasteiger partial charge on any atom is -0.354 e. The highest BCUT2D eigenvalue weighted by atomic mass is 79.9. The summed E-state index contributed by atoms with van der Waals surface area (Å²) in [5, 5.41) is 9.73. The maximum Gasteiger partial charge on any atom is 0.0499 e. The summed E-state index contributed by atoms with van der Waals surface area (Å²) < 4.78 is 1.11. The average Bonchev–Trinajstić information content (AvgIpc) is 3.01. The quantitative estimate of drug-likeness (QED) is 0.620. The van der Waals surface area contributed by atoms with Crippen LogP contribution in [-0.2, 0) is 0 Å². The van der Waals surface area contributed by atoms with Crippen molar-refractivity contribution in [2.24, 2.45) is 0 Å². The topological polar surface area (TPSA) is 12.0 Å². The van der Waals surface area contributed by atoms with Gasteiger partial charge in [0.1, 0.15) is 0 Å². The lowest BCUT2D eigenvalue weighted by Crippen LogP contribution is -1.83. The first-order chi connectivity index (χ1) is 8.81. The SMILES string of the molecule is Brc1cccc(-c2cc(Nc3ccsc3)cs2)c1. The molecule has 0 unspecified atom stereocenters. The third-order valence-corrected chi connectivity index (χ3v) is 4.67. The molecule has 0 amide bonds. The van der Waals surface area contributed by atoms with E-state index in [1.807, 2.05) is 6.07 Å². The van der Waals surface area contributed by atoms with Gasteiger partial charge in [0.2, 0.25) is 0 Å². The van der Waals surface area contributed by atoms with Crippen LogP contribution in [0.5, 0.6) is 0 Å². The fraction of sp³-hybridized carbons (Fsp3) is 0. The second-order valence-corrected chi connectivity index (χ2v) is 6.45. The Bertz CT molecular complexity index is 643. The second-order valence-electron chi connectivity index (χ2n) is 3.85. The van der Waals surface area contributed by atoms with E-state index >= 15 is 0 Å². The Balaban J connectivity index is 1.85. The summed E-state index contributed by atoms with van der Waals surface area (Å²) in [5.74, 6) is 0. The van der Waals surface area contributed by atoms with Gasteiger partial charge in [-0.05, 0) is 35.2 Å². The fourth-order valence-electron chi connectivity index (χ4n) is 1.70. The van der Waals surface area contributed by atoms with Gasteiger partial charge >= 0.3 is 0 Å². The van der Waals surface area contributed by atoms with E-state index in [4.69, 9.17) is 0 Å². The minimum absolute atomic E-state index is 1.11. The average molecular weight is 336 g/mol. The molecule has 0 aliphatic carbocycles. The molecule has 0 aliphatic rings. The molecule has 18 heavy (non-hydrogen) atoms. The largest absolute Gasteiger partial charge is 0.354 e. The van der Waals surface area contributed by atoms with Crippen LogP contribution in [0.1, 0.15) is 0 Å². The summed E-state index contributed by atoms with van der Waals surface area (Å²) >= 11 is 6.96. The highest BCUT2D eigenvalue weighted by Gasteiger charge is 2.03. The Morgan fingerprint density at radius 1 is 1.00 bits per heavy atom. The molecule has 2 aromatic heterocycles. The van der Waals surface area contributed by atoms with Gasteiger partial charge < -0.3 is 5.32 Å². The summed E-state index contributed by atoms with van der Waals surface area (Å²) in [5.41, 5.74) is 3.54. The van der Waals surface area contributed by atoms with E-state index in [1.165, 1.54) is 10.4 Å². The van der Waals surface area contributed by atoms with Gasteiger partial charge in [-0.3, -0.25) is 0 Å². The smallest absolute Gasteiger partial charge is 0.0499 e. The van der Waals surface area contributed by atoms with Crippen LogP contribution >= 0.6 is 38.6 Å². The van der Waals surface area contributed by atoms with Crippen LogP contribution in [0, 0.1) is 0 Å². The number of thiophene rings is 2. The zero-order valence-corrected chi connectivity index (χ0v) is 12.6. The van der Waals surface area contributed by atoms with Crippen LogP contribution in [0.4, 0.5) is 11.4 Å². The van der Waals surface area contributed by atoms with E-state index in [1.54, 1.807) is 22.7 Å². The third-order valence-electron chi connectivity index (χ3n) is 2.52. The Hall–Kier alpha value is -1.10. The first kappa shape index (κ1) is 12.0. The molecule has 90 valence electrons. The van der Waals surface area contributed by atoms with Gasteiger partial charge in [0.05, 0.1) is 0 Å². The summed E-state index contributed by atoms with van der Waals surface area (Å²) in [7, 11) is 0. The molecule has 1 N–H and O–H groups in total. The molecule has 0 spiro atoms. The molecule has 0 bridgehead atoms. The van der Waals surface area contributed by atoms with Crippen LogP contribution in [0.15, 0.2) is 57.0 Å². The van der Waals surface area contributed by atoms with Crippen molar-refractivity contribution in [3.63, 3.8) is 0 Å². The number of benzene rings is 1. The summed E-state index contributed by atoms with van der Waals surface area (Å²) in [4.78, 5) is 1.27. The predicted molar refractivity (Wildman–Crippen MR) is 85.1 cm³/mol. The van der Waals surface area contributed by atoms with Crippen LogP contribution < -0.4 is 5.32 Å². The molecule has 0 atom stereocenters. The second kappa shape index (κ2) is 5.26. The number of hydrogen-bond donors (Lipinski definition) is 1. The molecule has 1 aromatic carbocycles. The highest BCUT2D eigenvalue weighted by Crippen LogP contribution is 2.32. The first-order valence-corrected chi connectivity index (χ1v) is 8.06. The van der Waals surface area contributed by atoms with E-state index in [0.717, 1.165) is 15.8 Å². The van der Waals surface area contributed by atoms with Crippen molar-refractivity contribution in [2.75, 3.05) is 5.32 Å². The Morgan fingerprint density at radius 3 is 2.72 bits per heavy atom. The molecule has 0 fully saturated rings. The fourth-order valence-corrected chi connectivity index (χ4v) is 3.52. The molecular formula is C14H10BrNS2. The summed E-state index contributed by atoms with van der Waals surface area (Å²) in [6.45, 7) is 0. The van der Waals surface area contributed by atoms with Gasteiger partial charge in [-0.2, -0.15) is 11.3 Å². The van der Waals surface area contributed by atoms with Crippen molar-refractivity contribution < 1.29 is 0 Å². The Morgan fingerprint density at radius 2 is 1.94 bits per heavy atom. The van der Waals surface area contributed by atoms with Gasteiger partial charge in [0.15, 0.2) is 0 Å². The van der Waals surface area contributed by atoms with E-state index in [0.29, 0.717) is 0 Å². The van der Waals surface area contributed by atoms with Gasteiger partial charge in [-0.25, -0.2) is 0 Å². The molecule has 3 rings (SSSR count). The number of rotatable bonds is 3. The third kappa shape index (κ3) is 2.66. The van der Waals surface area contributed by atoms with Crippen molar-refractivity contribution in [3.8, 4) is 10.4 Å². The lowest BCUT2D eigenvalue weighted by molar-refractivity contribution is 1.63. The minimum atomic E-state index is 1.11. The zero-order chi connectivity index (χ0) is 12.4. The molecule has 0 saturated carbocycles. The van der Waals surface area contributed by atoms with Gasteiger partial charge in [-0.15, -0.1) is 11.3 Å². The number of halogens is 1. The molecule has 2 heterocycles. The molecule has 1 nitrogen and oxygen atoms in total. The predicted octanol–water partition coefficient (Wildman–Crippen LogP) is 5.98. The van der Waals surface area contributed by atoms with E-state index in [2.05, 4.69) is 67.7 Å². The van der Waals surface area contributed by atoms with E-state index in [9.17, 15) is 0 Å². The summed E-state index contributed by atoms with van der Waals surface area (Å²) in [6, 6.07) is 12.6. The maximum absolute atomic E-state index is 3.51. The van der Waals surface area contributed by atoms with Gasteiger partial charge in [0, 0.05) is 31.5 Å². The molecule has 0 saturated heterocycles. The monoisotopic (exact) mass is 335 g/mol. The van der Waals surface area contributed by atoms with E-state index < -0.39 is 0 Å². The standard InChI is InChI=1S/C14H10BrNS2/c15-11-3-1-2-10(6-11)14-7-13(9-18-14)16-12-4-5-17-8-12/h1-9,16H. The molecule has 0 aliphatic heterocycles. The molecule has 3 aromatic rings. The first-order valence-electron chi connectivity index (χ1n) is 5.45. The summed E-state index contributed by atoms with van der Waals surface area (Å²) in [6.07, 6.45) is 0. The number of nitrogens with one attached hydrogen (secondary N) is 1. The van der Waals surface area contributed by atoms with Crippen LogP contribution in [0.2, 0.25) is 0 Å². The highest BCUT2D eigenvalue weighted by molar-refractivity contribution is 9.10. The Kier molecular flexibility index (Phi) is 3.50. The van der Waals surface area contributed by atoms with Crippen LogP contribution in [-0.4, -0.2) is 0 Å². The van der Waals surface area contributed by atoms with Crippen molar-refractivity contribution >= 4 is 50.0 Å². The van der Waals surface area contributed by atoms with Crippen molar-refractivity contribution in [1.29, 1.82) is 0 Å². The number of anilines is 2. The lowest BCUT2D eigenvalue weighted by Gasteiger charge is -1.99. The van der Waals surface area contributed by atoms with Crippen molar-refractivity contribution in [2.45, 2.75) is 0 Å². The number of hydrogen-bond acceptors (Lipinski definition) is 3. The van der Waals surface area contributed by atoms with Gasteiger partial charge in [-0.1, -0.05) is 28.1 Å². The van der Waals surface area contributed by atoms with Crippen molar-refractivity contribution in [1.82, 2.24) is 0 Å². The van der Waals surface area contributed by atoms with E-state index in [-0.39, 0.29) is 0 Å². The molecular weight excluding hydrogens is 326 g/mol. The lowest BCUT2D eigenvalue weighted by atomic mass is 10.2. The van der Waals surface area contributed by atoms with Gasteiger partial charge in [0.25, 0.3) is 0 Å². The van der Waals surface area contributed by atoms with Crippen molar-refractivity contribution in [3.05, 3.63) is 57.0 Å². The Labute approximate surface area is 122 Å². The van der Waals surface area contributed by atoms with Crippen LogP contribution in [0.25, 0.3) is 10.4 Å².